The number of pyridine rings is 1. The number of rotatable bonds is 7. The topological polar surface area (TPSA) is 82.2 Å². The predicted molar refractivity (Wildman–Crippen MR) is 138 cm³/mol. The molecule has 208 valence electrons. The largest absolute Gasteiger partial charge is 0.573 e. The van der Waals surface area contributed by atoms with Gasteiger partial charge in [0.25, 0.3) is 0 Å². The number of sulfone groups is 1. The molecule has 1 aliphatic heterocycles. The lowest BCUT2D eigenvalue weighted by Crippen LogP contribution is -2.45. The van der Waals surface area contributed by atoms with Crippen LogP contribution in [0.25, 0.3) is 28.0 Å². The average molecular weight is 566 g/mol. The SMILES string of the molecule is CC(CCc1cn(-c2cnn(C)c2)c2nc(-c3ccc(OC(F)(F)F)c(F)c3)ccc12)N1CCS(=O)(=O)CC1. The molecule has 0 bridgehead atoms. The summed E-state index contributed by atoms with van der Waals surface area (Å²) in [4.78, 5) is 6.94. The molecule has 0 saturated carbocycles. The number of alkyl halides is 3. The van der Waals surface area contributed by atoms with Crippen LogP contribution in [0.2, 0.25) is 0 Å². The van der Waals surface area contributed by atoms with Crippen LogP contribution in [0.4, 0.5) is 17.6 Å². The highest BCUT2D eigenvalue weighted by molar-refractivity contribution is 7.91. The van der Waals surface area contributed by atoms with E-state index >= 15 is 0 Å². The fourth-order valence-corrected chi connectivity index (χ4v) is 6.07. The molecule has 5 rings (SSSR count). The van der Waals surface area contributed by atoms with Crippen LogP contribution >= 0.6 is 0 Å². The third-order valence-corrected chi connectivity index (χ3v) is 8.60. The molecule has 1 saturated heterocycles. The first-order valence-corrected chi connectivity index (χ1v) is 14.2. The highest BCUT2D eigenvalue weighted by atomic mass is 32.2. The lowest BCUT2D eigenvalue weighted by atomic mass is 10.0. The van der Waals surface area contributed by atoms with E-state index in [1.165, 1.54) is 6.07 Å². The molecule has 3 aromatic heterocycles. The summed E-state index contributed by atoms with van der Waals surface area (Å²) >= 11 is 0. The van der Waals surface area contributed by atoms with Crippen molar-refractivity contribution in [3.63, 3.8) is 0 Å². The molecule has 1 aromatic carbocycles. The number of benzene rings is 1. The number of fused-ring (bicyclic) bond motifs is 1. The van der Waals surface area contributed by atoms with Crippen molar-refractivity contribution < 1.29 is 30.7 Å². The Morgan fingerprint density at radius 1 is 1.10 bits per heavy atom. The van der Waals surface area contributed by atoms with Gasteiger partial charge in [0.1, 0.15) is 5.65 Å². The third kappa shape index (κ3) is 6.09. The van der Waals surface area contributed by atoms with Crippen molar-refractivity contribution in [1.82, 2.24) is 24.2 Å². The molecule has 0 N–H and O–H groups in total. The van der Waals surface area contributed by atoms with Crippen LogP contribution in [0.1, 0.15) is 18.9 Å². The predicted octanol–water partition coefficient (Wildman–Crippen LogP) is 4.52. The van der Waals surface area contributed by atoms with E-state index in [0.717, 1.165) is 35.2 Å². The standard InChI is InChI=1S/C26H27F4N5O3S/c1-17(34-9-11-39(36,37)12-10-34)3-4-19-15-35(20-14-31-33(2)16-20)25-21(19)6-7-23(32-25)18-5-8-24(22(27)13-18)38-26(28,29)30/h5-8,13-17H,3-4,9-12H2,1-2H3. The van der Waals surface area contributed by atoms with Crippen molar-refractivity contribution in [2.75, 3.05) is 24.6 Å². The molecule has 1 atom stereocenters. The van der Waals surface area contributed by atoms with E-state index in [2.05, 4.69) is 21.7 Å². The van der Waals surface area contributed by atoms with E-state index in [4.69, 9.17) is 4.98 Å². The van der Waals surface area contributed by atoms with Gasteiger partial charge in [0.05, 0.1) is 29.1 Å². The number of aromatic nitrogens is 4. The first-order chi connectivity index (χ1) is 18.4. The molecule has 1 aliphatic rings. The van der Waals surface area contributed by atoms with Crippen molar-refractivity contribution in [2.24, 2.45) is 7.05 Å². The Balaban J connectivity index is 1.45. The Hall–Kier alpha value is -3.45. The molecule has 0 spiro atoms. The normalized spacial score (nSPS) is 17.0. The van der Waals surface area contributed by atoms with E-state index < -0.39 is 27.8 Å². The van der Waals surface area contributed by atoms with Crippen molar-refractivity contribution in [1.29, 1.82) is 0 Å². The lowest BCUT2D eigenvalue weighted by molar-refractivity contribution is -0.275. The fraction of sp³-hybridized carbons (Fsp3) is 0.385. The van der Waals surface area contributed by atoms with Crippen LogP contribution in [-0.4, -0.2) is 69.6 Å². The zero-order chi connectivity index (χ0) is 27.9. The van der Waals surface area contributed by atoms with Gasteiger partial charge in [-0.2, -0.15) is 5.10 Å². The molecule has 0 amide bonds. The van der Waals surface area contributed by atoms with Gasteiger partial charge < -0.3 is 4.74 Å². The Morgan fingerprint density at radius 2 is 1.85 bits per heavy atom. The van der Waals surface area contributed by atoms with E-state index in [-0.39, 0.29) is 17.5 Å². The van der Waals surface area contributed by atoms with E-state index in [0.29, 0.717) is 36.4 Å². The maximum Gasteiger partial charge on any atom is 0.573 e. The molecule has 8 nitrogen and oxygen atoms in total. The van der Waals surface area contributed by atoms with Gasteiger partial charge in [-0.05, 0) is 55.7 Å². The number of nitrogens with zero attached hydrogens (tertiary/aromatic N) is 5. The van der Waals surface area contributed by atoms with Crippen molar-refractivity contribution >= 4 is 20.9 Å². The second-order valence-corrected chi connectivity index (χ2v) is 12.0. The van der Waals surface area contributed by atoms with Crippen LogP contribution in [0, 0.1) is 5.82 Å². The van der Waals surface area contributed by atoms with Crippen LogP contribution in [-0.2, 0) is 23.3 Å². The number of ether oxygens (including phenoxy) is 1. The highest BCUT2D eigenvalue weighted by Gasteiger charge is 2.32. The van der Waals surface area contributed by atoms with Gasteiger partial charge in [-0.3, -0.25) is 14.1 Å². The second kappa shape index (κ2) is 10.3. The molecule has 4 aromatic rings. The molecule has 39 heavy (non-hydrogen) atoms. The molecular formula is C26H27F4N5O3S. The number of aryl methyl sites for hydroxylation is 2. The quantitative estimate of drug-likeness (QED) is 0.307. The molecule has 1 fully saturated rings. The van der Waals surface area contributed by atoms with E-state index in [1.807, 2.05) is 23.0 Å². The summed E-state index contributed by atoms with van der Waals surface area (Å²) in [6.45, 7) is 3.14. The minimum absolute atomic E-state index is 0.175. The highest BCUT2D eigenvalue weighted by Crippen LogP contribution is 2.32. The van der Waals surface area contributed by atoms with Crippen LogP contribution in [0.5, 0.6) is 5.75 Å². The molecule has 4 heterocycles. The molecule has 1 unspecified atom stereocenters. The summed E-state index contributed by atoms with van der Waals surface area (Å²) in [6, 6.07) is 6.99. The van der Waals surface area contributed by atoms with Gasteiger partial charge in [-0.15, -0.1) is 13.2 Å². The number of hydrogen-bond acceptors (Lipinski definition) is 6. The lowest BCUT2D eigenvalue weighted by Gasteiger charge is -2.32. The Morgan fingerprint density at radius 3 is 2.49 bits per heavy atom. The summed E-state index contributed by atoms with van der Waals surface area (Å²) in [7, 11) is -1.16. The summed E-state index contributed by atoms with van der Waals surface area (Å²) in [5.74, 6) is -1.70. The second-order valence-electron chi connectivity index (χ2n) is 9.73. The first kappa shape index (κ1) is 27.1. The van der Waals surface area contributed by atoms with Gasteiger partial charge in [0.2, 0.25) is 0 Å². The van der Waals surface area contributed by atoms with E-state index in [9.17, 15) is 26.0 Å². The number of halogens is 4. The first-order valence-electron chi connectivity index (χ1n) is 12.4. The van der Waals surface area contributed by atoms with Gasteiger partial charge in [-0.1, -0.05) is 0 Å². The average Bonchev–Trinajstić information content (AvgIpc) is 3.46. The minimum Gasteiger partial charge on any atom is -0.403 e. The van der Waals surface area contributed by atoms with Crippen LogP contribution in [0.3, 0.4) is 0 Å². The maximum absolute atomic E-state index is 14.4. The Kier molecular flexibility index (Phi) is 7.14. The Bertz CT molecular complexity index is 1600. The molecule has 0 aliphatic carbocycles. The van der Waals surface area contributed by atoms with Crippen molar-refractivity contribution in [3.05, 3.63) is 60.3 Å². The van der Waals surface area contributed by atoms with Crippen LogP contribution in [0.15, 0.2) is 48.9 Å². The monoisotopic (exact) mass is 565 g/mol. The molecule has 0 radical (unpaired) electrons. The van der Waals surface area contributed by atoms with Crippen molar-refractivity contribution in [3.8, 4) is 22.7 Å². The third-order valence-electron chi connectivity index (χ3n) is 6.99. The van der Waals surface area contributed by atoms with E-state index in [1.54, 1.807) is 24.0 Å². The van der Waals surface area contributed by atoms with Crippen LogP contribution < -0.4 is 4.74 Å². The summed E-state index contributed by atoms with van der Waals surface area (Å²) < 4.78 is 82.9. The van der Waals surface area contributed by atoms with Crippen molar-refractivity contribution in [2.45, 2.75) is 32.2 Å². The Labute approximate surface area is 222 Å². The van der Waals surface area contributed by atoms with Gasteiger partial charge in [0.15, 0.2) is 21.4 Å². The summed E-state index contributed by atoms with van der Waals surface area (Å²) in [6.07, 6.45) is 2.03. The molecular weight excluding hydrogens is 538 g/mol. The van der Waals surface area contributed by atoms with Gasteiger partial charge in [-0.25, -0.2) is 17.8 Å². The smallest absolute Gasteiger partial charge is 0.403 e. The minimum atomic E-state index is -5.00. The molecule has 13 heteroatoms. The summed E-state index contributed by atoms with van der Waals surface area (Å²) in [5, 5.41) is 5.13. The zero-order valence-electron chi connectivity index (χ0n) is 21.3. The zero-order valence-corrected chi connectivity index (χ0v) is 22.1. The number of hydrogen-bond donors (Lipinski definition) is 0. The maximum atomic E-state index is 14.4. The van der Waals surface area contributed by atoms with Gasteiger partial charge >= 0.3 is 6.36 Å². The van der Waals surface area contributed by atoms with Gasteiger partial charge in [0, 0.05) is 49.5 Å². The fourth-order valence-electron chi connectivity index (χ4n) is 4.84. The summed E-state index contributed by atoms with van der Waals surface area (Å²) in [5.41, 5.74) is 3.09.